The second-order valence-corrected chi connectivity index (χ2v) is 6.62. The van der Waals surface area contributed by atoms with Crippen molar-refractivity contribution in [1.29, 1.82) is 0 Å². The molecule has 1 aliphatic rings. The molecule has 140 valence electrons. The van der Waals surface area contributed by atoms with E-state index in [0.29, 0.717) is 35.7 Å². The number of carbonyl (C=O) groups excluding carboxylic acids is 2. The largest absolute Gasteiger partial charge is 0.462 e. The van der Waals surface area contributed by atoms with Crippen LogP contribution in [0.2, 0.25) is 0 Å². The van der Waals surface area contributed by atoms with Gasteiger partial charge in [0.15, 0.2) is 0 Å². The molecule has 2 atom stereocenters. The normalized spacial score (nSPS) is 21.2. The fraction of sp³-hybridized carbons (Fsp3) is 0.667. The Bertz CT molecular complexity index is 616. The van der Waals surface area contributed by atoms with Crippen molar-refractivity contribution in [3.63, 3.8) is 0 Å². The summed E-state index contributed by atoms with van der Waals surface area (Å²) in [5.74, 6) is -0.602. The van der Waals surface area contributed by atoms with Crippen LogP contribution in [0.5, 0.6) is 0 Å². The number of carbonyl (C=O) groups is 2. The van der Waals surface area contributed by atoms with Crippen molar-refractivity contribution in [2.75, 3.05) is 32.8 Å². The molecule has 0 bridgehead atoms. The fourth-order valence-electron chi connectivity index (χ4n) is 3.37. The first-order valence-electron chi connectivity index (χ1n) is 8.85. The second kappa shape index (κ2) is 8.49. The number of aromatic nitrogens is 1. The predicted octanol–water partition coefficient (Wildman–Crippen LogP) is 1.65. The number of aromatic amines is 1. The molecule has 1 aromatic rings. The Morgan fingerprint density at radius 1 is 1.28 bits per heavy atom. The lowest BCUT2D eigenvalue weighted by atomic mass is 10.1. The molecule has 1 fully saturated rings. The minimum absolute atomic E-state index is 0.203. The van der Waals surface area contributed by atoms with Crippen LogP contribution < -0.4 is 5.32 Å². The van der Waals surface area contributed by atoms with Crippen molar-refractivity contribution in [2.45, 2.75) is 46.8 Å². The third-order valence-corrected chi connectivity index (χ3v) is 4.35. The van der Waals surface area contributed by atoms with E-state index in [1.807, 2.05) is 0 Å². The highest BCUT2D eigenvalue weighted by Crippen LogP contribution is 2.19. The molecule has 1 saturated heterocycles. The summed E-state index contributed by atoms with van der Waals surface area (Å²) < 4.78 is 10.8. The molecule has 1 amide bonds. The topological polar surface area (TPSA) is 83.7 Å². The maximum absolute atomic E-state index is 12.4. The monoisotopic (exact) mass is 351 g/mol. The van der Waals surface area contributed by atoms with Crippen LogP contribution in [0.25, 0.3) is 0 Å². The van der Waals surface area contributed by atoms with Gasteiger partial charge in [0.1, 0.15) is 5.69 Å². The van der Waals surface area contributed by atoms with Crippen molar-refractivity contribution < 1.29 is 19.1 Å². The average Bonchev–Trinajstić information content (AvgIpc) is 2.81. The van der Waals surface area contributed by atoms with Gasteiger partial charge in [-0.3, -0.25) is 9.69 Å². The van der Waals surface area contributed by atoms with Gasteiger partial charge >= 0.3 is 5.97 Å². The number of esters is 1. The van der Waals surface area contributed by atoms with Crippen molar-refractivity contribution >= 4 is 11.9 Å². The Kier molecular flexibility index (Phi) is 6.61. The fourth-order valence-corrected chi connectivity index (χ4v) is 3.37. The van der Waals surface area contributed by atoms with Gasteiger partial charge in [-0.15, -0.1) is 0 Å². The summed E-state index contributed by atoms with van der Waals surface area (Å²) in [7, 11) is 0. The van der Waals surface area contributed by atoms with Crippen LogP contribution in [0.15, 0.2) is 0 Å². The maximum Gasteiger partial charge on any atom is 0.340 e. The number of nitrogens with one attached hydrogen (secondary N) is 2. The van der Waals surface area contributed by atoms with E-state index >= 15 is 0 Å². The van der Waals surface area contributed by atoms with E-state index in [4.69, 9.17) is 9.47 Å². The molecular weight excluding hydrogens is 322 g/mol. The molecule has 1 aromatic heterocycles. The molecular formula is C18H29N3O4. The molecule has 0 radical (unpaired) electrons. The zero-order valence-corrected chi connectivity index (χ0v) is 15.8. The summed E-state index contributed by atoms with van der Waals surface area (Å²) in [6, 6.07) is 0. The first-order valence-corrected chi connectivity index (χ1v) is 8.85. The minimum Gasteiger partial charge on any atom is -0.462 e. The van der Waals surface area contributed by atoms with Crippen molar-refractivity contribution in [2.24, 2.45) is 0 Å². The molecule has 0 aliphatic carbocycles. The van der Waals surface area contributed by atoms with Crippen LogP contribution in [0, 0.1) is 13.8 Å². The quantitative estimate of drug-likeness (QED) is 0.762. The molecule has 2 heterocycles. The van der Waals surface area contributed by atoms with Crippen molar-refractivity contribution in [3.8, 4) is 0 Å². The third-order valence-electron chi connectivity index (χ3n) is 4.35. The van der Waals surface area contributed by atoms with Gasteiger partial charge in [-0.05, 0) is 40.2 Å². The zero-order chi connectivity index (χ0) is 18.6. The smallest absolute Gasteiger partial charge is 0.340 e. The second-order valence-electron chi connectivity index (χ2n) is 6.62. The highest BCUT2D eigenvalue weighted by molar-refractivity contribution is 6.00. The van der Waals surface area contributed by atoms with E-state index in [2.05, 4.69) is 29.0 Å². The average molecular weight is 351 g/mol. The number of hydrogen-bond donors (Lipinski definition) is 2. The van der Waals surface area contributed by atoms with Crippen LogP contribution in [0.3, 0.4) is 0 Å². The molecule has 25 heavy (non-hydrogen) atoms. The molecule has 1 aliphatic heterocycles. The number of H-pyrrole nitrogens is 1. The lowest BCUT2D eigenvalue weighted by molar-refractivity contribution is -0.0672. The number of aryl methyl sites for hydroxylation is 1. The molecule has 0 unspecified atom stereocenters. The molecule has 2 N–H and O–H groups in total. The molecule has 2 rings (SSSR count). The summed E-state index contributed by atoms with van der Waals surface area (Å²) in [4.78, 5) is 29.8. The number of nitrogens with zero attached hydrogens (tertiary/aromatic N) is 1. The Morgan fingerprint density at radius 3 is 2.52 bits per heavy atom. The number of amides is 1. The van der Waals surface area contributed by atoms with Gasteiger partial charge in [0.2, 0.25) is 0 Å². The van der Waals surface area contributed by atoms with E-state index < -0.39 is 5.97 Å². The molecule has 7 heteroatoms. The van der Waals surface area contributed by atoms with E-state index in [9.17, 15) is 9.59 Å². The number of rotatable bonds is 6. The van der Waals surface area contributed by atoms with Gasteiger partial charge in [-0.2, -0.15) is 0 Å². The maximum atomic E-state index is 12.4. The van der Waals surface area contributed by atoms with E-state index in [-0.39, 0.29) is 18.1 Å². The Morgan fingerprint density at radius 2 is 1.92 bits per heavy atom. The van der Waals surface area contributed by atoms with Gasteiger partial charge in [0.25, 0.3) is 5.91 Å². The lowest BCUT2D eigenvalue weighted by Crippen LogP contribution is -2.47. The molecule has 7 nitrogen and oxygen atoms in total. The first kappa shape index (κ1) is 19.5. The standard InChI is InChI=1S/C18H29N3O4/c1-6-24-18(23)15-13(4)16(20-14(15)5)17(22)19-7-8-21-9-11(2)25-12(3)10-21/h11-12,20H,6-10H2,1-5H3,(H,19,22)/t11-,12+. The predicted molar refractivity (Wildman–Crippen MR) is 95.0 cm³/mol. The number of hydrogen-bond acceptors (Lipinski definition) is 5. The number of morpholine rings is 1. The zero-order valence-electron chi connectivity index (χ0n) is 15.8. The first-order chi connectivity index (χ1) is 11.8. The summed E-state index contributed by atoms with van der Waals surface area (Å²) in [6.07, 6.45) is 0.416. The van der Waals surface area contributed by atoms with Gasteiger partial charge in [0.05, 0.1) is 24.4 Å². The van der Waals surface area contributed by atoms with Crippen molar-refractivity contribution in [1.82, 2.24) is 15.2 Å². The Hall–Kier alpha value is -1.86. The summed E-state index contributed by atoms with van der Waals surface area (Å²) in [5, 5.41) is 2.92. The molecule has 0 saturated carbocycles. The van der Waals surface area contributed by atoms with Gasteiger partial charge < -0.3 is 19.8 Å². The van der Waals surface area contributed by atoms with E-state index in [1.165, 1.54) is 0 Å². The SMILES string of the molecule is CCOC(=O)c1c(C)[nH]c(C(=O)NCCN2C[C@@H](C)O[C@@H](C)C2)c1C. The van der Waals surface area contributed by atoms with Crippen LogP contribution in [0.4, 0.5) is 0 Å². The summed E-state index contributed by atoms with van der Waals surface area (Å²) >= 11 is 0. The van der Waals surface area contributed by atoms with Crippen LogP contribution in [-0.4, -0.2) is 66.8 Å². The van der Waals surface area contributed by atoms with Crippen LogP contribution in [-0.2, 0) is 9.47 Å². The van der Waals surface area contributed by atoms with Crippen LogP contribution in [0.1, 0.15) is 52.9 Å². The molecule has 0 aromatic carbocycles. The highest BCUT2D eigenvalue weighted by Gasteiger charge is 2.24. The third kappa shape index (κ3) is 4.83. The van der Waals surface area contributed by atoms with E-state index in [0.717, 1.165) is 19.6 Å². The summed E-state index contributed by atoms with van der Waals surface area (Å²) in [5.41, 5.74) is 2.14. The van der Waals surface area contributed by atoms with E-state index in [1.54, 1.807) is 20.8 Å². The minimum atomic E-state index is -0.399. The van der Waals surface area contributed by atoms with Crippen molar-refractivity contribution in [3.05, 3.63) is 22.5 Å². The number of ether oxygens (including phenoxy) is 2. The van der Waals surface area contributed by atoms with Gasteiger partial charge in [-0.1, -0.05) is 0 Å². The van der Waals surface area contributed by atoms with Gasteiger partial charge in [0, 0.05) is 31.9 Å². The highest BCUT2D eigenvalue weighted by atomic mass is 16.5. The molecule has 0 spiro atoms. The van der Waals surface area contributed by atoms with Crippen LogP contribution >= 0.6 is 0 Å². The Labute approximate surface area is 149 Å². The Balaban J connectivity index is 1.93. The lowest BCUT2D eigenvalue weighted by Gasteiger charge is -2.35. The van der Waals surface area contributed by atoms with Gasteiger partial charge in [-0.25, -0.2) is 4.79 Å². The summed E-state index contributed by atoms with van der Waals surface area (Å²) in [6.45, 7) is 12.8.